The number of rotatable bonds is 6. The van der Waals surface area contributed by atoms with Crippen LogP contribution < -0.4 is 10.1 Å². The molecule has 1 aliphatic heterocycles. The van der Waals surface area contributed by atoms with Crippen molar-refractivity contribution in [2.75, 3.05) is 26.2 Å². The van der Waals surface area contributed by atoms with Crippen LogP contribution in [0, 0.1) is 6.92 Å². The van der Waals surface area contributed by atoms with Gasteiger partial charge in [-0.15, -0.1) is 0 Å². The van der Waals surface area contributed by atoms with E-state index in [1.54, 1.807) is 6.07 Å². The molecule has 0 unspecified atom stereocenters. The van der Waals surface area contributed by atoms with Crippen LogP contribution in [0.2, 0.25) is 5.02 Å². The number of amides is 1. The van der Waals surface area contributed by atoms with E-state index in [2.05, 4.69) is 33.1 Å². The summed E-state index contributed by atoms with van der Waals surface area (Å²) in [6, 6.07) is 3.94. The summed E-state index contributed by atoms with van der Waals surface area (Å²) in [6.45, 7) is 7.35. The van der Waals surface area contributed by atoms with Gasteiger partial charge >= 0.3 is 0 Å². The van der Waals surface area contributed by atoms with E-state index in [0.29, 0.717) is 10.8 Å². The average molecular weight is 404 g/mol. The predicted molar refractivity (Wildman–Crippen MR) is 97.3 cm³/mol. The van der Waals surface area contributed by atoms with Crippen LogP contribution in [-0.4, -0.2) is 43.1 Å². The molecule has 0 spiro atoms. The second-order valence-corrected chi connectivity index (χ2v) is 7.33. The van der Waals surface area contributed by atoms with Crippen molar-refractivity contribution in [3.05, 3.63) is 27.2 Å². The molecule has 6 heteroatoms. The zero-order valence-corrected chi connectivity index (χ0v) is 16.0. The zero-order chi connectivity index (χ0) is 16.8. The quantitative estimate of drug-likeness (QED) is 0.786. The van der Waals surface area contributed by atoms with Crippen LogP contribution in [0.25, 0.3) is 0 Å². The minimum Gasteiger partial charge on any atom is -0.482 e. The Hall–Kier alpha value is -0.780. The molecule has 1 aromatic carbocycles. The number of carbonyl (C=O) groups is 1. The lowest BCUT2D eigenvalue weighted by Gasteiger charge is -2.32. The van der Waals surface area contributed by atoms with E-state index in [0.717, 1.165) is 42.5 Å². The third kappa shape index (κ3) is 5.66. The summed E-state index contributed by atoms with van der Waals surface area (Å²) in [4.78, 5) is 14.5. The van der Waals surface area contributed by atoms with Crippen molar-refractivity contribution in [3.63, 3.8) is 0 Å². The Morgan fingerprint density at radius 1 is 1.43 bits per heavy atom. The number of ether oxygens (including phenoxy) is 1. The van der Waals surface area contributed by atoms with Gasteiger partial charge in [-0.05, 0) is 50.4 Å². The number of carbonyl (C=O) groups excluding carboxylic acids is 1. The Balaban J connectivity index is 1.78. The Bertz CT molecular complexity index is 522. The maximum absolute atomic E-state index is 12.1. The van der Waals surface area contributed by atoms with Crippen LogP contribution in [0.3, 0.4) is 0 Å². The number of halogens is 2. The summed E-state index contributed by atoms with van der Waals surface area (Å²) in [5.41, 5.74) is 0.907. The van der Waals surface area contributed by atoms with Gasteiger partial charge in [-0.3, -0.25) is 4.79 Å². The van der Waals surface area contributed by atoms with Crippen molar-refractivity contribution in [1.29, 1.82) is 0 Å². The highest BCUT2D eigenvalue weighted by molar-refractivity contribution is 9.10. The van der Waals surface area contributed by atoms with E-state index in [9.17, 15) is 4.79 Å². The largest absolute Gasteiger partial charge is 0.482 e. The zero-order valence-electron chi connectivity index (χ0n) is 13.7. The van der Waals surface area contributed by atoms with Gasteiger partial charge < -0.3 is 15.0 Å². The number of piperidine rings is 1. The first-order valence-corrected chi connectivity index (χ1v) is 9.27. The highest BCUT2D eigenvalue weighted by Crippen LogP contribution is 2.31. The molecule has 23 heavy (non-hydrogen) atoms. The van der Waals surface area contributed by atoms with Gasteiger partial charge in [0, 0.05) is 23.6 Å². The van der Waals surface area contributed by atoms with E-state index >= 15 is 0 Å². The summed E-state index contributed by atoms with van der Waals surface area (Å²) >= 11 is 9.55. The Morgan fingerprint density at radius 2 is 2.13 bits per heavy atom. The Kier molecular flexibility index (Phi) is 7.18. The fraction of sp³-hybridized carbons (Fsp3) is 0.588. The molecule has 0 saturated carbocycles. The average Bonchev–Trinajstić information content (AvgIpc) is 2.48. The first-order chi connectivity index (χ1) is 11.0. The van der Waals surface area contributed by atoms with E-state index in [-0.39, 0.29) is 18.6 Å². The summed E-state index contributed by atoms with van der Waals surface area (Å²) in [6.07, 6.45) is 3.19. The van der Waals surface area contributed by atoms with Crippen molar-refractivity contribution < 1.29 is 9.53 Å². The third-order valence-corrected chi connectivity index (χ3v) is 4.77. The molecular formula is C17H24BrClN2O2. The standard InChI is InChI=1S/C17H24BrClN2O2/c1-3-6-21-7-4-14(5-8-21)20-16(22)11-23-17-12(2)9-13(18)10-15(17)19/h9-10,14H,3-8,11H2,1-2H3,(H,20,22). The number of likely N-dealkylation sites (tertiary alicyclic amines) is 1. The summed E-state index contributed by atoms with van der Waals surface area (Å²) < 4.78 is 6.51. The molecule has 2 rings (SSSR count). The normalized spacial score (nSPS) is 16.3. The molecule has 1 aliphatic rings. The summed E-state index contributed by atoms with van der Waals surface area (Å²) in [7, 11) is 0. The van der Waals surface area contributed by atoms with Crippen molar-refractivity contribution in [1.82, 2.24) is 10.2 Å². The van der Waals surface area contributed by atoms with Gasteiger partial charge in [-0.2, -0.15) is 0 Å². The van der Waals surface area contributed by atoms with Gasteiger partial charge in [0.25, 0.3) is 5.91 Å². The van der Waals surface area contributed by atoms with Crippen molar-refractivity contribution in [2.24, 2.45) is 0 Å². The van der Waals surface area contributed by atoms with Crippen LogP contribution in [0.4, 0.5) is 0 Å². The molecule has 0 bridgehead atoms. The fourth-order valence-electron chi connectivity index (χ4n) is 2.90. The molecule has 1 saturated heterocycles. The monoisotopic (exact) mass is 402 g/mol. The molecule has 1 amide bonds. The smallest absolute Gasteiger partial charge is 0.258 e. The van der Waals surface area contributed by atoms with E-state index in [4.69, 9.17) is 16.3 Å². The summed E-state index contributed by atoms with van der Waals surface area (Å²) in [5.74, 6) is 0.486. The topological polar surface area (TPSA) is 41.6 Å². The van der Waals surface area contributed by atoms with Crippen LogP contribution in [0.1, 0.15) is 31.7 Å². The molecule has 1 N–H and O–H groups in total. The van der Waals surface area contributed by atoms with Crippen LogP contribution >= 0.6 is 27.5 Å². The fourth-order valence-corrected chi connectivity index (χ4v) is 3.92. The molecule has 1 fully saturated rings. The van der Waals surface area contributed by atoms with Gasteiger partial charge in [0.05, 0.1) is 5.02 Å². The third-order valence-electron chi connectivity index (χ3n) is 4.03. The molecule has 1 heterocycles. The number of hydrogen-bond acceptors (Lipinski definition) is 3. The molecule has 4 nitrogen and oxygen atoms in total. The van der Waals surface area contributed by atoms with Gasteiger partial charge in [0.2, 0.25) is 0 Å². The van der Waals surface area contributed by atoms with Gasteiger partial charge in [0.15, 0.2) is 6.61 Å². The highest BCUT2D eigenvalue weighted by Gasteiger charge is 2.20. The molecule has 128 valence electrons. The van der Waals surface area contributed by atoms with Crippen molar-refractivity contribution in [3.8, 4) is 5.75 Å². The van der Waals surface area contributed by atoms with Crippen molar-refractivity contribution >= 4 is 33.4 Å². The van der Waals surface area contributed by atoms with Gasteiger partial charge in [-0.25, -0.2) is 0 Å². The summed E-state index contributed by atoms with van der Waals surface area (Å²) in [5, 5.41) is 3.57. The Morgan fingerprint density at radius 3 is 2.74 bits per heavy atom. The first-order valence-electron chi connectivity index (χ1n) is 8.09. The first kappa shape index (κ1) is 18.6. The van der Waals surface area contributed by atoms with Crippen LogP contribution in [-0.2, 0) is 4.79 Å². The van der Waals surface area contributed by atoms with E-state index in [1.807, 2.05) is 13.0 Å². The number of aryl methyl sites for hydroxylation is 1. The SMILES string of the molecule is CCCN1CCC(NC(=O)COc2c(C)cc(Br)cc2Cl)CC1. The maximum Gasteiger partial charge on any atom is 0.258 e. The van der Waals surface area contributed by atoms with E-state index < -0.39 is 0 Å². The molecule has 0 atom stereocenters. The number of nitrogens with zero attached hydrogens (tertiary/aromatic N) is 1. The van der Waals surface area contributed by atoms with Crippen LogP contribution in [0.5, 0.6) is 5.75 Å². The minimum atomic E-state index is -0.0858. The molecule has 1 aromatic rings. The predicted octanol–water partition coefficient (Wildman–Crippen LogP) is 3.78. The number of benzene rings is 1. The van der Waals surface area contributed by atoms with Crippen molar-refractivity contribution in [2.45, 2.75) is 39.2 Å². The lowest BCUT2D eigenvalue weighted by Crippen LogP contribution is -2.46. The van der Waals surface area contributed by atoms with Gasteiger partial charge in [-0.1, -0.05) is 34.5 Å². The minimum absolute atomic E-state index is 0.00261. The van der Waals surface area contributed by atoms with E-state index in [1.165, 1.54) is 6.42 Å². The highest BCUT2D eigenvalue weighted by atomic mass is 79.9. The maximum atomic E-state index is 12.1. The Labute approximate surface area is 151 Å². The molecular weight excluding hydrogens is 380 g/mol. The number of hydrogen-bond donors (Lipinski definition) is 1. The molecule has 0 aromatic heterocycles. The lowest BCUT2D eigenvalue weighted by molar-refractivity contribution is -0.124. The second-order valence-electron chi connectivity index (χ2n) is 6.01. The molecule has 0 radical (unpaired) electrons. The van der Waals surface area contributed by atoms with Gasteiger partial charge in [0.1, 0.15) is 5.75 Å². The number of nitrogens with one attached hydrogen (secondary N) is 1. The second kappa shape index (κ2) is 8.90. The van der Waals surface area contributed by atoms with Crippen LogP contribution in [0.15, 0.2) is 16.6 Å². The molecule has 0 aliphatic carbocycles. The lowest BCUT2D eigenvalue weighted by atomic mass is 10.0.